The molecule has 2 aromatic carbocycles. The number of aromatic carboxylic acids is 1. The third-order valence-electron chi connectivity index (χ3n) is 6.25. The van der Waals surface area contributed by atoms with Crippen molar-refractivity contribution in [3.05, 3.63) is 41.5 Å². The van der Waals surface area contributed by atoms with E-state index in [9.17, 15) is 19.8 Å². The van der Waals surface area contributed by atoms with Crippen LogP contribution in [0, 0.1) is 5.92 Å². The fourth-order valence-corrected chi connectivity index (χ4v) is 4.71. The van der Waals surface area contributed by atoms with Crippen LogP contribution in [0.1, 0.15) is 61.9 Å². The van der Waals surface area contributed by atoms with E-state index in [4.69, 9.17) is 4.42 Å². The van der Waals surface area contributed by atoms with Crippen LogP contribution in [0.3, 0.4) is 0 Å². The van der Waals surface area contributed by atoms with E-state index in [1.165, 1.54) is 6.07 Å². The third kappa shape index (κ3) is 4.04. The van der Waals surface area contributed by atoms with Crippen LogP contribution in [-0.4, -0.2) is 34.7 Å². The first kappa shape index (κ1) is 21.4. The monoisotopic (exact) mass is 423 g/mol. The Balaban J connectivity index is 1.89. The van der Waals surface area contributed by atoms with Gasteiger partial charge in [0, 0.05) is 29.3 Å². The minimum atomic E-state index is -1.08. The van der Waals surface area contributed by atoms with E-state index >= 15 is 0 Å². The van der Waals surface area contributed by atoms with Crippen molar-refractivity contribution in [1.29, 1.82) is 0 Å². The van der Waals surface area contributed by atoms with Crippen LogP contribution in [0.25, 0.3) is 21.9 Å². The molecule has 6 nitrogen and oxygen atoms in total. The van der Waals surface area contributed by atoms with Crippen molar-refractivity contribution < 1.29 is 24.2 Å². The van der Waals surface area contributed by atoms with Gasteiger partial charge in [0.05, 0.1) is 11.3 Å². The van der Waals surface area contributed by atoms with Gasteiger partial charge < -0.3 is 19.5 Å². The molecule has 6 heteroatoms. The molecule has 2 N–H and O–H groups in total. The fraction of sp³-hybridized carbons (Fsp3) is 0.440. The highest BCUT2D eigenvalue weighted by atomic mass is 16.4. The van der Waals surface area contributed by atoms with Crippen molar-refractivity contribution in [3.8, 4) is 0 Å². The SMILES string of the molecule is CC(C)N(C(=O)C1CCCCC1)c1cc2c(cc1C(=O)O)oc1ccc(CCO)cc12. The molecule has 0 saturated heterocycles. The molecule has 1 saturated carbocycles. The Labute approximate surface area is 181 Å². The number of furan rings is 1. The van der Waals surface area contributed by atoms with Crippen LogP contribution in [0.5, 0.6) is 0 Å². The zero-order valence-electron chi connectivity index (χ0n) is 18.1. The summed E-state index contributed by atoms with van der Waals surface area (Å²) in [5.41, 5.74) is 2.59. The molecule has 1 aromatic heterocycles. The van der Waals surface area contributed by atoms with Gasteiger partial charge in [-0.1, -0.05) is 25.3 Å². The van der Waals surface area contributed by atoms with Gasteiger partial charge in [-0.15, -0.1) is 0 Å². The van der Waals surface area contributed by atoms with Crippen LogP contribution in [0.15, 0.2) is 34.7 Å². The largest absolute Gasteiger partial charge is 0.478 e. The van der Waals surface area contributed by atoms with Gasteiger partial charge in [0.25, 0.3) is 0 Å². The number of aliphatic hydroxyl groups is 1. The maximum absolute atomic E-state index is 13.5. The van der Waals surface area contributed by atoms with E-state index in [0.717, 1.165) is 48.4 Å². The number of benzene rings is 2. The molecule has 31 heavy (non-hydrogen) atoms. The van der Waals surface area contributed by atoms with Crippen molar-refractivity contribution in [1.82, 2.24) is 0 Å². The summed E-state index contributed by atoms with van der Waals surface area (Å²) in [6.45, 7) is 3.89. The number of hydrogen-bond acceptors (Lipinski definition) is 4. The number of nitrogens with zero attached hydrogens (tertiary/aromatic N) is 1. The normalized spacial score (nSPS) is 15.1. The number of fused-ring (bicyclic) bond motifs is 3. The first-order valence-electron chi connectivity index (χ1n) is 11.1. The molecule has 0 aliphatic heterocycles. The maximum Gasteiger partial charge on any atom is 0.337 e. The lowest BCUT2D eigenvalue weighted by Gasteiger charge is -2.33. The quantitative estimate of drug-likeness (QED) is 0.573. The second kappa shape index (κ2) is 8.71. The number of carbonyl (C=O) groups is 2. The number of carboxylic acids is 1. The average Bonchev–Trinajstić information content (AvgIpc) is 3.11. The van der Waals surface area contributed by atoms with Gasteiger partial charge in [-0.05, 0) is 62.9 Å². The van der Waals surface area contributed by atoms with E-state index in [1.54, 1.807) is 11.0 Å². The summed E-state index contributed by atoms with van der Waals surface area (Å²) in [4.78, 5) is 27.3. The summed E-state index contributed by atoms with van der Waals surface area (Å²) in [5.74, 6) is -1.14. The zero-order chi connectivity index (χ0) is 22.1. The van der Waals surface area contributed by atoms with Gasteiger partial charge in [0.2, 0.25) is 5.91 Å². The molecule has 1 aliphatic carbocycles. The number of aliphatic hydroxyl groups excluding tert-OH is 1. The molecule has 3 aromatic rings. The molecule has 0 spiro atoms. The highest BCUT2D eigenvalue weighted by Gasteiger charge is 2.31. The molecule has 4 rings (SSSR count). The highest BCUT2D eigenvalue weighted by molar-refractivity contribution is 6.12. The number of anilines is 1. The van der Waals surface area contributed by atoms with Crippen LogP contribution >= 0.6 is 0 Å². The molecule has 1 aliphatic rings. The van der Waals surface area contributed by atoms with Crippen molar-refractivity contribution in [3.63, 3.8) is 0 Å². The molecular weight excluding hydrogens is 394 g/mol. The first-order chi connectivity index (χ1) is 14.9. The second-order valence-electron chi connectivity index (χ2n) is 8.71. The Kier molecular flexibility index (Phi) is 6.01. The minimum Gasteiger partial charge on any atom is -0.478 e. The van der Waals surface area contributed by atoms with Crippen molar-refractivity contribution in [2.75, 3.05) is 11.5 Å². The molecular formula is C25H29NO5. The van der Waals surface area contributed by atoms with Crippen LogP contribution in [0.2, 0.25) is 0 Å². The van der Waals surface area contributed by atoms with Gasteiger partial charge >= 0.3 is 5.97 Å². The van der Waals surface area contributed by atoms with Gasteiger partial charge in [-0.2, -0.15) is 0 Å². The number of carbonyl (C=O) groups excluding carboxylic acids is 1. The van der Waals surface area contributed by atoms with Gasteiger partial charge in [-0.3, -0.25) is 4.79 Å². The van der Waals surface area contributed by atoms with Crippen molar-refractivity contribution in [2.24, 2.45) is 5.92 Å². The zero-order valence-corrected chi connectivity index (χ0v) is 18.1. The average molecular weight is 424 g/mol. The summed E-state index contributed by atoms with van der Waals surface area (Å²) in [5, 5.41) is 20.8. The lowest BCUT2D eigenvalue weighted by molar-refractivity contribution is -0.123. The first-order valence-corrected chi connectivity index (χ1v) is 11.1. The van der Waals surface area contributed by atoms with Gasteiger partial charge in [0.15, 0.2) is 0 Å². The maximum atomic E-state index is 13.5. The molecule has 0 radical (unpaired) electrons. The molecule has 0 unspecified atom stereocenters. The standard InChI is InChI=1S/C25H29NO5/c1-15(2)26(24(28)17-6-4-3-5-7-17)21-13-19-18-12-16(10-11-27)8-9-22(18)31-23(19)14-20(21)25(29)30/h8-9,12-15,17,27H,3-7,10-11H2,1-2H3,(H,29,30). The highest BCUT2D eigenvalue weighted by Crippen LogP contribution is 2.37. The number of carboxylic acid groups (broad SMARTS) is 1. The Bertz CT molecular complexity index is 1120. The van der Waals surface area contributed by atoms with E-state index < -0.39 is 5.97 Å². The number of hydrogen-bond donors (Lipinski definition) is 2. The molecule has 0 atom stereocenters. The molecule has 164 valence electrons. The van der Waals surface area contributed by atoms with Crippen LogP contribution in [-0.2, 0) is 11.2 Å². The van der Waals surface area contributed by atoms with E-state index in [2.05, 4.69) is 0 Å². The Hall–Kier alpha value is -2.86. The lowest BCUT2D eigenvalue weighted by Crippen LogP contribution is -2.42. The minimum absolute atomic E-state index is 0.00493. The summed E-state index contributed by atoms with van der Waals surface area (Å²) in [6, 6.07) is 8.84. The molecule has 0 bridgehead atoms. The summed E-state index contributed by atoms with van der Waals surface area (Å²) >= 11 is 0. The Morgan fingerprint density at radius 1 is 1.06 bits per heavy atom. The molecule has 1 heterocycles. The van der Waals surface area contributed by atoms with Crippen molar-refractivity contribution in [2.45, 2.75) is 58.4 Å². The molecule has 1 fully saturated rings. The topological polar surface area (TPSA) is 91.0 Å². The summed E-state index contributed by atoms with van der Waals surface area (Å²) < 4.78 is 5.92. The third-order valence-corrected chi connectivity index (χ3v) is 6.25. The summed E-state index contributed by atoms with van der Waals surface area (Å²) in [6.07, 6.45) is 5.45. The number of rotatable bonds is 6. The fourth-order valence-electron chi connectivity index (χ4n) is 4.71. The lowest BCUT2D eigenvalue weighted by atomic mass is 9.87. The molecule has 1 amide bonds. The summed E-state index contributed by atoms with van der Waals surface area (Å²) in [7, 11) is 0. The van der Waals surface area contributed by atoms with Gasteiger partial charge in [-0.25, -0.2) is 4.79 Å². The van der Waals surface area contributed by atoms with Crippen LogP contribution in [0.4, 0.5) is 5.69 Å². The second-order valence-corrected chi connectivity index (χ2v) is 8.71. The predicted octanol–water partition coefficient (Wildman–Crippen LogP) is 5.14. The smallest absolute Gasteiger partial charge is 0.337 e. The van der Waals surface area contributed by atoms with E-state index in [0.29, 0.717) is 23.3 Å². The van der Waals surface area contributed by atoms with Crippen LogP contribution < -0.4 is 4.90 Å². The van der Waals surface area contributed by atoms with E-state index in [1.807, 2.05) is 32.0 Å². The predicted molar refractivity (Wildman–Crippen MR) is 121 cm³/mol. The van der Waals surface area contributed by atoms with Gasteiger partial charge in [0.1, 0.15) is 11.2 Å². The van der Waals surface area contributed by atoms with Crippen molar-refractivity contribution >= 4 is 39.5 Å². The van der Waals surface area contributed by atoms with E-state index in [-0.39, 0.29) is 30.0 Å². The number of amides is 1. The Morgan fingerprint density at radius 2 is 1.77 bits per heavy atom. The Morgan fingerprint density at radius 3 is 2.42 bits per heavy atom.